The minimum atomic E-state index is 0.583. The van der Waals surface area contributed by atoms with Crippen LogP contribution in [0.5, 0.6) is 0 Å². The number of isothiocyanates is 1. The summed E-state index contributed by atoms with van der Waals surface area (Å²) < 4.78 is 0. The first kappa shape index (κ1) is 4.66. The minimum Gasteiger partial charge on any atom is -0.229 e. The molecule has 2 heteroatoms. The smallest absolute Gasteiger partial charge is 0.0665 e. The predicted molar refractivity (Wildman–Crippen MR) is 35.1 cm³/mol. The van der Waals surface area contributed by atoms with Crippen molar-refractivity contribution in [2.45, 2.75) is 25.3 Å². The maximum Gasteiger partial charge on any atom is 0.0665 e. The van der Waals surface area contributed by atoms with Gasteiger partial charge in [0, 0.05) is 0 Å². The van der Waals surface area contributed by atoms with Crippen LogP contribution in [0.1, 0.15) is 19.3 Å². The van der Waals surface area contributed by atoms with Gasteiger partial charge in [0.15, 0.2) is 0 Å². The molecule has 2 fully saturated rings. The third-order valence-electron chi connectivity index (χ3n) is 2.25. The zero-order chi connectivity index (χ0) is 5.61. The van der Waals surface area contributed by atoms with Crippen LogP contribution in [0.4, 0.5) is 0 Å². The van der Waals surface area contributed by atoms with Gasteiger partial charge in [-0.1, -0.05) is 0 Å². The Morgan fingerprint density at radius 3 is 2.75 bits per heavy atom. The predicted octanol–water partition coefficient (Wildman–Crippen LogP) is 1.64. The average molecular weight is 125 g/mol. The van der Waals surface area contributed by atoms with Crippen LogP contribution in [0.15, 0.2) is 4.99 Å². The number of thiocarbonyl (C=S) groups is 1. The summed E-state index contributed by atoms with van der Waals surface area (Å²) in [5.41, 5.74) is 0.672. The molecule has 1 spiro atoms. The molecule has 0 saturated heterocycles. The van der Waals surface area contributed by atoms with Crippen LogP contribution in [0, 0.1) is 5.41 Å². The van der Waals surface area contributed by atoms with Gasteiger partial charge in [0.25, 0.3) is 0 Å². The fourth-order valence-electron chi connectivity index (χ4n) is 1.27. The number of hydrogen-bond donors (Lipinski definition) is 0. The Hall–Kier alpha value is -0.200. The summed E-state index contributed by atoms with van der Waals surface area (Å²) >= 11 is 4.48. The largest absolute Gasteiger partial charge is 0.229 e. The summed E-state index contributed by atoms with van der Waals surface area (Å²) in [4.78, 5) is 4.02. The van der Waals surface area contributed by atoms with Crippen molar-refractivity contribution in [3.05, 3.63) is 0 Å². The van der Waals surface area contributed by atoms with Crippen LogP contribution >= 0.6 is 12.2 Å². The van der Waals surface area contributed by atoms with Gasteiger partial charge >= 0.3 is 0 Å². The molecule has 0 radical (unpaired) electrons. The molecule has 0 aromatic heterocycles. The lowest BCUT2D eigenvalue weighted by atomic mass is 10.4. The van der Waals surface area contributed by atoms with E-state index in [4.69, 9.17) is 0 Å². The lowest BCUT2D eigenvalue weighted by Crippen LogP contribution is -1.77. The SMILES string of the molecule is S=C=N[C@@H]1CC12CC2. The highest BCUT2D eigenvalue weighted by molar-refractivity contribution is 7.78. The molecule has 2 rings (SSSR count). The Labute approximate surface area is 53.8 Å². The highest BCUT2D eigenvalue weighted by atomic mass is 32.1. The molecule has 2 aliphatic rings. The van der Waals surface area contributed by atoms with E-state index in [2.05, 4.69) is 22.4 Å². The fourth-order valence-corrected chi connectivity index (χ4v) is 1.40. The second-order valence-corrected chi connectivity index (χ2v) is 2.99. The first-order valence-corrected chi connectivity index (χ1v) is 3.35. The standard InChI is InChI=1S/C6H7NS/c8-4-7-5-3-6(5)1-2-6/h5H,1-3H2/t5-/m1/s1. The molecular formula is C6H7NS. The molecule has 0 heterocycles. The molecule has 0 aliphatic heterocycles. The average Bonchev–Trinajstić information content (AvgIpc) is 2.57. The number of aliphatic imine (C=N–C) groups is 1. The van der Waals surface area contributed by atoms with Gasteiger partial charge in [-0.05, 0) is 36.9 Å². The van der Waals surface area contributed by atoms with Gasteiger partial charge in [0.05, 0.1) is 11.2 Å². The van der Waals surface area contributed by atoms with E-state index in [0.717, 1.165) is 0 Å². The highest BCUT2D eigenvalue weighted by Gasteiger charge is 2.63. The second-order valence-electron chi connectivity index (χ2n) is 2.80. The van der Waals surface area contributed by atoms with E-state index >= 15 is 0 Å². The maximum absolute atomic E-state index is 4.48. The van der Waals surface area contributed by atoms with Gasteiger partial charge in [-0.2, -0.15) is 0 Å². The van der Waals surface area contributed by atoms with Gasteiger partial charge in [-0.25, -0.2) is 4.99 Å². The first-order valence-electron chi connectivity index (χ1n) is 2.94. The van der Waals surface area contributed by atoms with Gasteiger partial charge in [0.2, 0.25) is 0 Å². The van der Waals surface area contributed by atoms with Crippen LogP contribution < -0.4 is 0 Å². The van der Waals surface area contributed by atoms with E-state index in [1.165, 1.54) is 19.3 Å². The van der Waals surface area contributed by atoms with Gasteiger partial charge < -0.3 is 0 Å². The van der Waals surface area contributed by atoms with Crippen LogP contribution in [0.3, 0.4) is 0 Å². The fraction of sp³-hybridized carbons (Fsp3) is 0.833. The van der Waals surface area contributed by atoms with Crippen molar-refractivity contribution in [3.63, 3.8) is 0 Å². The maximum atomic E-state index is 4.48. The summed E-state index contributed by atoms with van der Waals surface area (Å²) in [6.07, 6.45) is 4.06. The molecule has 1 atom stereocenters. The highest BCUT2D eigenvalue weighted by Crippen LogP contribution is 2.67. The topological polar surface area (TPSA) is 12.4 Å². The lowest BCUT2D eigenvalue weighted by molar-refractivity contribution is 0.830. The van der Waals surface area contributed by atoms with Crippen LogP contribution in [-0.2, 0) is 0 Å². The second kappa shape index (κ2) is 1.20. The number of rotatable bonds is 1. The van der Waals surface area contributed by atoms with Gasteiger partial charge in [-0.3, -0.25) is 0 Å². The quantitative estimate of drug-likeness (QED) is 0.383. The molecular weight excluding hydrogens is 118 g/mol. The van der Waals surface area contributed by atoms with Gasteiger partial charge in [-0.15, -0.1) is 0 Å². The molecule has 1 nitrogen and oxygen atoms in total. The third-order valence-corrected chi connectivity index (χ3v) is 2.35. The Balaban J connectivity index is 2.06. The number of hydrogen-bond acceptors (Lipinski definition) is 2. The minimum absolute atomic E-state index is 0.583. The van der Waals surface area contributed by atoms with E-state index in [1.54, 1.807) is 0 Å². The van der Waals surface area contributed by atoms with Crippen molar-refractivity contribution in [2.75, 3.05) is 0 Å². The molecule has 8 heavy (non-hydrogen) atoms. The van der Waals surface area contributed by atoms with E-state index in [-0.39, 0.29) is 0 Å². The van der Waals surface area contributed by atoms with Crippen molar-refractivity contribution < 1.29 is 0 Å². The van der Waals surface area contributed by atoms with E-state index in [0.29, 0.717) is 11.5 Å². The van der Waals surface area contributed by atoms with Crippen LogP contribution in [0.2, 0.25) is 0 Å². The summed E-state index contributed by atoms with van der Waals surface area (Å²) in [7, 11) is 0. The Morgan fingerprint density at radius 1 is 1.62 bits per heavy atom. The van der Waals surface area contributed by atoms with Gasteiger partial charge in [0.1, 0.15) is 0 Å². The normalized spacial score (nSPS) is 36.2. The summed E-state index contributed by atoms with van der Waals surface area (Å²) in [5, 5.41) is 2.43. The zero-order valence-corrected chi connectivity index (χ0v) is 5.37. The van der Waals surface area contributed by atoms with Crippen molar-refractivity contribution in [1.29, 1.82) is 0 Å². The van der Waals surface area contributed by atoms with E-state index in [9.17, 15) is 0 Å². The van der Waals surface area contributed by atoms with Crippen molar-refractivity contribution in [3.8, 4) is 0 Å². The molecule has 0 aromatic rings. The van der Waals surface area contributed by atoms with Crippen LogP contribution in [0.25, 0.3) is 0 Å². The molecule has 0 N–H and O–H groups in total. The van der Waals surface area contributed by atoms with Crippen molar-refractivity contribution in [2.24, 2.45) is 10.4 Å². The lowest BCUT2D eigenvalue weighted by Gasteiger charge is -1.75. The zero-order valence-electron chi connectivity index (χ0n) is 4.55. The Bertz CT molecular complexity index is 165. The third kappa shape index (κ3) is 0.473. The monoisotopic (exact) mass is 125 g/mol. The molecule has 0 aromatic carbocycles. The molecule has 2 aliphatic carbocycles. The molecule has 0 bridgehead atoms. The molecule has 2 saturated carbocycles. The summed E-state index contributed by atoms with van der Waals surface area (Å²) in [5.74, 6) is 0. The van der Waals surface area contributed by atoms with Crippen LogP contribution in [-0.4, -0.2) is 11.2 Å². The molecule has 0 amide bonds. The summed E-state index contributed by atoms with van der Waals surface area (Å²) in [6.45, 7) is 0. The summed E-state index contributed by atoms with van der Waals surface area (Å²) in [6, 6.07) is 0.583. The van der Waals surface area contributed by atoms with Crippen molar-refractivity contribution in [1.82, 2.24) is 0 Å². The molecule has 42 valence electrons. The Kier molecular flexibility index (Phi) is 0.699. The molecule has 0 unspecified atom stereocenters. The van der Waals surface area contributed by atoms with E-state index in [1.807, 2.05) is 0 Å². The van der Waals surface area contributed by atoms with Crippen molar-refractivity contribution >= 4 is 17.4 Å². The number of nitrogens with zero attached hydrogens (tertiary/aromatic N) is 1. The first-order chi connectivity index (χ1) is 3.87. The van der Waals surface area contributed by atoms with E-state index < -0.39 is 0 Å². The Morgan fingerprint density at radius 2 is 2.38 bits per heavy atom.